The number of rotatable bonds is 7. The minimum atomic E-state index is -0.356. The largest absolute Gasteiger partial charge is 0.491 e. The molecule has 2 saturated heterocycles. The highest BCUT2D eigenvalue weighted by molar-refractivity contribution is 5.38. The van der Waals surface area contributed by atoms with Gasteiger partial charge in [-0.1, -0.05) is 12.1 Å². The lowest BCUT2D eigenvalue weighted by Gasteiger charge is -2.45. The van der Waals surface area contributed by atoms with Crippen LogP contribution < -0.4 is 9.64 Å². The number of piperazine rings is 1. The topological polar surface area (TPSA) is 72.3 Å². The summed E-state index contributed by atoms with van der Waals surface area (Å²) in [6.45, 7) is 10.1. The van der Waals surface area contributed by atoms with Gasteiger partial charge in [0.25, 0.3) is 0 Å². The SMILES string of the molecule is CC(C)Oc1ccc(CN2CC[C@H](N3CCN(c4ccccn4)CC3)[C@@H](O)C2)cc1CO. The van der Waals surface area contributed by atoms with E-state index in [1.807, 2.05) is 44.3 Å². The third-order valence-corrected chi connectivity index (χ3v) is 6.45. The van der Waals surface area contributed by atoms with Crippen molar-refractivity contribution in [1.82, 2.24) is 14.8 Å². The number of β-amino-alcohol motifs (C(OH)–C–C–N with tert-alkyl or cyclic N) is 1. The Labute approximate surface area is 191 Å². The fourth-order valence-electron chi connectivity index (χ4n) is 4.86. The number of aliphatic hydroxyl groups excluding tert-OH is 2. The molecule has 2 N–H and O–H groups in total. The first kappa shape index (κ1) is 23.0. The average Bonchev–Trinajstić information content (AvgIpc) is 2.80. The molecule has 2 aliphatic rings. The minimum absolute atomic E-state index is 0.0366. The van der Waals surface area contributed by atoms with Gasteiger partial charge in [0.15, 0.2) is 0 Å². The molecule has 32 heavy (non-hydrogen) atoms. The number of likely N-dealkylation sites (tertiary alicyclic amines) is 1. The smallest absolute Gasteiger partial charge is 0.128 e. The molecule has 0 aliphatic carbocycles. The summed E-state index contributed by atoms with van der Waals surface area (Å²) < 4.78 is 5.79. The van der Waals surface area contributed by atoms with Gasteiger partial charge in [0.1, 0.15) is 11.6 Å². The van der Waals surface area contributed by atoms with Crippen LogP contribution in [0.15, 0.2) is 42.6 Å². The summed E-state index contributed by atoms with van der Waals surface area (Å²) in [5.74, 6) is 1.78. The number of anilines is 1. The van der Waals surface area contributed by atoms with E-state index in [4.69, 9.17) is 4.74 Å². The van der Waals surface area contributed by atoms with E-state index in [9.17, 15) is 10.2 Å². The molecule has 0 radical (unpaired) electrons. The second kappa shape index (κ2) is 10.6. The average molecular weight is 441 g/mol. The summed E-state index contributed by atoms with van der Waals surface area (Å²) in [5, 5.41) is 20.7. The Morgan fingerprint density at radius 1 is 1.09 bits per heavy atom. The van der Waals surface area contributed by atoms with Gasteiger partial charge < -0.3 is 19.8 Å². The fourth-order valence-corrected chi connectivity index (χ4v) is 4.86. The summed E-state index contributed by atoms with van der Waals surface area (Å²) in [5.41, 5.74) is 1.96. The summed E-state index contributed by atoms with van der Waals surface area (Å²) in [6.07, 6.45) is 2.53. The number of benzene rings is 1. The number of pyridine rings is 1. The van der Waals surface area contributed by atoms with Gasteiger partial charge in [0, 0.05) is 63.6 Å². The molecule has 174 valence electrons. The number of nitrogens with zero attached hydrogens (tertiary/aromatic N) is 4. The third kappa shape index (κ3) is 5.59. The second-order valence-electron chi connectivity index (χ2n) is 9.14. The Balaban J connectivity index is 1.29. The van der Waals surface area contributed by atoms with E-state index >= 15 is 0 Å². The van der Waals surface area contributed by atoms with Crippen molar-refractivity contribution in [2.45, 2.75) is 51.7 Å². The zero-order chi connectivity index (χ0) is 22.5. The zero-order valence-electron chi connectivity index (χ0n) is 19.2. The van der Waals surface area contributed by atoms with Crippen LogP contribution in [0.3, 0.4) is 0 Å². The van der Waals surface area contributed by atoms with Gasteiger partial charge in [0.05, 0.1) is 18.8 Å². The lowest BCUT2D eigenvalue weighted by atomic mass is 9.98. The van der Waals surface area contributed by atoms with Gasteiger partial charge >= 0.3 is 0 Å². The molecule has 3 heterocycles. The maximum atomic E-state index is 10.9. The van der Waals surface area contributed by atoms with E-state index < -0.39 is 0 Å². The Morgan fingerprint density at radius 2 is 1.91 bits per heavy atom. The maximum Gasteiger partial charge on any atom is 0.128 e. The van der Waals surface area contributed by atoms with Crippen LogP contribution >= 0.6 is 0 Å². The molecule has 2 aromatic rings. The lowest BCUT2D eigenvalue weighted by Crippen LogP contribution is -2.58. The van der Waals surface area contributed by atoms with Gasteiger partial charge in [0.2, 0.25) is 0 Å². The highest BCUT2D eigenvalue weighted by atomic mass is 16.5. The first-order valence-electron chi connectivity index (χ1n) is 11.7. The summed E-state index contributed by atoms with van der Waals surface area (Å²) in [4.78, 5) is 11.5. The third-order valence-electron chi connectivity index (χ3n) is 6.45. The highest BCUT2D eigenvalue weighted by Gasteiger charge is 2.33. The van der Waals surface area contributed by atoms with Gasteiger partial charge in [-0.25, -0.2) is 4.98 Å². The molecule has 1 aromatic carbocycles. The van der Waals surface area contributed by atoms with Crippen molar-refractivity contribution in [2.24, 2.45) is 0 Å². The van der Waals surface area contributed by atoms with Crippen molar-refractivity contribution in [1.29, 1.82) is 0 Å². The Kier molecular flexibility index (Phi) is 7.63. The van der Waals surface area contributed by atoms with Crippen molar-refractivity contribution >= 4 is 5.82 Å². The summed E-state index contributed by atoms with van der Waals surface area (Å²) in [7, 11) is 0. The number of ether oxygens (including phenoxy) is 1. The van der Waals surface area contributed by atoms with Crippen molar-refractivity contribution in [2.75, 3.05) is 44.2 Å². The summed E-state index contributed by atoms with van der Waals surface area (Å²) >= 11 is 0. The van der Waals surface area contributed by atoms with Gasteiger partial charge in [-0.2, -0.15) is 0 Å². The van der Waals surface area contributed by atoms with Crippen LogP contribution in [0.1, 0.15) is 31.4 Å². The molecule has 4 rings (SSSR count). The molecule has 1 aromatic heterocycles. The monoisotopic (exact) mass is 440 g/mol. The van der Waals surface area contributed by atoms with E-state index in [-0.39, 0.29) is 24.9 Å². The fraction of sp³-hybridized carbons (Fsp3) is 0.560. The van der Waals surface area contributed by atoms with Gasteiger partial charge in [-0.05, 0) is 50.1 Å². The van der Waals surface area contributed by atoms with E-state index in [1.54, 1.807) is 0 Å². The number of piperidine rings is 1. The van der Waals surface area contributed by atoms with E-state index in [0.29, 0.717) is 6.54 Å². The second-order valence-corrected chi connectivity index (χ2v) is 9.14. The van der Waals surface area contributed by atoms with Gasteiger partial charge in [-0.3, -0.25) is 9.80 Å². The lowest BCUT2D eigenvalue weighted by molar-refractivity contribution is -0.0172. The number of hydrogen-bond acceptors (Lipinski definition) is 7. The van der Waals surface area contributed by atoms with Crippen LogP contribution in [0.2, 0.25) is 0 Å². The molecule has 2 fully saturated rings. The highest BCUT2D eigenvalue weighted by Crippen LogP contribution is 2.25. The van der Waals surface area contributed by atoms with Crippen molar-refractivity contribution in [3.63, 3.8) is 0 Å². The molecule has 0 bridgehead atoms. The summed E-state index contributed by atoms with van der Waals surface area (Å²) in [6, 6.07) is 12.3. The van der Waals surface area contributed by atoms with Crippen molar-refractivity contribution in [3.8, 4) is 5.75 Å². The van der Waals surface area contributed by atoms with Crippen molar-refractivity contribution in [3.05, 3.63) is 53.7 Å². The van der Waals surface area contributed by atoms with Crippen molar-refractivity contribution < 1.29 is 14.9 Å². The molecule has 0 saturated carbocycles. The van der Waals surface area contributed by atoms with E-state index in [0.717, 1.165) is 68.4 Å². The Bertz CT molecular complexity index is 856. The van der Waals surface area contributed by atoms with Crippen LogP contribution in [0, 0.1) is 0 Å². The Morgan fingerprint density at radius 3 is 2.56 bits per heavy atom. The van der Waals surface area contributed by atoms with Crippen LogP contribution in [0.4, 0.5) is 5.82 Å². The molecule has 7 nitrogen and oxygen atoms in total. The van der Waals surface area contributed by atoms with Gasteiger partial charge in [-0.15, -0.1) is 0 Å². The molecule has 0 amide bonds. The number of aromatic nitrogens is 1. The quantitative estimate of drug-likeness (QED) is 0.683. The van der Waals surface area contributed by atoms with E-state index in [2.05, 4.69) is 31.8 Å². The van der Waals surface area contributed by atoms with E-state index in [1.165, 1.54) is 0 Å². The molecule has 0 spiro atoms. The number of hydrogen-bond donors (Lipinski definition) is 2. The first-order chi connectivity index (χ1) is 15.5. The first-order valence-corrected chi connectivity index (χ1v) is 11.7. The molecule has 7 heteroatoms. The number of aliphatic hydroxyl groups is 2. The molecule has 2 aliphatic heterocycles. The minimum Gasteiger partial charge on any atom is -0.491 e. The van der Waals surface area contributed by atoms with Crippen LogP contribution in [0.25, 0.3) is 0 Å². The molecule has 2 atom stereocenters. The van der Waals surface area contributed by atoms with Crippen LogP contribution in [0.5, 0.6) is 5.75 Å². The normalized spacial score (nSPS) is 23.0. The maximum absolute atomic E-state index is 10.9. The Hall–Kier alpha value is -2.19. The predicted molar refractivity (Wildman–Crippen MR) is 126 cm³/mol. The molecular formula is C25H36N4O3. The predicted octanol–water partition coefficient (Wildman–Crippen LogP) is 2.12. The standard InChI is InChI=1S/C25H36N4O3/c1-19(2)32-24-7-6-20(15-21(24)18-30)16-27-10-8-22(23(31)17-27)28-11-13-29(14-12-28)25-5-3-4-9-26-25/h3-7,9,15,19,22-23,30-31H,8,10-14,16-18H2,1-2H3/t22-,23-/m0/s1. The zero-order valence-corrected chi connectivity index (χ0v) is 19.2. The molecular weight excluding hydrogens is 404 g/mol. The van der Waals surface area contributed by atoms with Crippen LogP contribution in [-0.2, 0) is 13.2 Å². The molecule has 0 unspecified atom stereocenters. The van der Waals surface area contributed by atoms with Crippen LogP contribution in [-0.4, -0.2) is 82.5 Å².